The molecule has 4 aliphatic rings. The maximum absolute atomic E-state index is 13.5. The van der Waals surface area contributed by atoms with Crippen molar-refractivity contribution in [1.82, 2.24) is 0 Å². The predicted molar refractivity (Wildman–Crippen MR) is 240 cm³/mol. The Morgan fingerprint density at radius 1 is 0.789 bits per heavy atom. The molecular weight excluding hydrogens is 703 g/mol. The lowest BCUT2D eigenvalue weighted by Crippen LogP contribution is -2.51. The van der Waals surface area contributed by atoms with E-state index in [-0.39, 0.29) is 29.9 Å². The summed E-state index contributed by atoms with van der Waals surface area (Å²) < 4.78 is 12.9. The Morgan fingerprint density at radius 3 is 2.02 bits per heavy atom. The maximum Gasteiger partial charge on any atom is 0.310 e. The molecule has 0 spiro atoms. The van der Waals surface area contributed by atoms with Gasteiger partial charge >= 0.3 is 11.9 Å². The smallest absolute Gasteiger partial charge is 0.310 e. The van der Waals surface area contributed by atoms with Crippen molar-refractivity contribution in [2.24, 2.45) is 52.3 Å². The highest BCUT2D eigenvalue weighted by molar-refractivity contribution is 5.72. The number of nitrogens with zero attached hydrogens (tertiary/aromatic N) is 1. The lowest BCUT2D eigenvalue weighted by Gasteiger charge is -2.58. The van der Waals surface area contributed by atoms with Gasteiger partial charge in [-0.05, 0) is 110 Å². The second kappa shape index (κ2) is 22.8. The molecule has 3 saturated carbocycles. The minimum absolute atomic E-state index is 0.0743. The Hall–Kier alpha value is -1.62. The van der Waals surface area contributed by atoms with Crippen LogP contribution in [0, 0.1) is 52.3 Å². The summed E-state index contributed by atoms with van der Waals surface area (Å²) in [4.78, 5) is 26.4. The van der Waals surface area contributed by atoms with E-state index in [2.05, 4.69) is 87.8 Å². The van der Waals surface area contributed by atoms with E-state index < -0.39 is 6.10 Å². The second-order valence-corrected chi connectivity index (χ2v) is 21.7. The first kappa shape index (κ1) is 48.1. The minimum atomic E-state index is -0.455. The lowest BCUT2D eigenvalue weighted by molar-refractivity contribution is -0.873. The number of carbonyl (C=O) groups excluding carboxylic acids is 2. The van der Waals surface area contributed by atoms with Crippen LogP contribution < -0.4 is 0 Å². The molecule has 0 N–H and O–H groups in total. The molecule has 0 heterocycles. The highest BCUT2D eigenvalue weighted by atomic mass is 16.6. The van der Waals surface area contributed by atoms with Crippen molar-refractivity contribution in [3.05, 3.63) is 23.8 Å². The zero-order valence-electron chi connectivity index (χ0n) is 39.2. The van der Waals surface area contributed by atoms with Gasteiger partial charge in [0.05, 0.1) is 27.6 Å². The van der Waals surface area contributed by atoms with Crippen molar-refractivity contribution in [1.29, 1.82) is 0 Å². The molecule has 328 valence electrons. The van der Waals surface area contributed by atoms with Crippen LogP contribution in [0.15, 0.2) is 23.8 Å². The summed E-state index contributed by atoms with van der Waals surface area (Å²) in [6.45, 7) is 17.7. The summed E-state index contributed by atoms with van der Waals surface area (Å²) in [6, 6.07) is 0. The Morgan fingerprint density at radius 2 is 1.42 bits per heavy atom. The number of allylic oxidation sites excluding steroid dienone is 3. The molecule has 3 fully saturated rings. The normalized spacial score (nSPS) is 30.3. The van der Waals surface area contributed by atoms with Gasteiger partial charge in [-0.25, -0.2) is 0 Å². The number of fused-ring (bicyclic) bond motifs is 5. The first-order valence-electron chi connectivity index (χ1n) is 24.7. The number of rotatable bonds is 25. The Labute approximate surface area is 352 Å². The number of hydrogen-bond donors (Lipinski definition) is 0. The Bertz CT molecular complexity index is 1280. The Balaban J connectivity index is 1.22. The zero-order valence-corrected chi connectivity index (χ0v) is 39.2. The van der Waals surface area contributed by atoms with Gasteiger partial charge in [0.15, 0.2) is 6.10 Å². The molecule has 5 heteroatoms. The molecule has 10 atom stereocenters. The number of likely N-dealkylation sites (N-methyl/N-ethyl adjacent to an activating group) is 1. The minimum Gasteiger partial charge on any atom is -0.462 e. The van der Waals surface area contributed by atoms with Crippen LogP contribution in [0.2, 0.25) is 0 Å². The van der Waals surface area contributed by atoms with Gasteiger partial charge in [-0.3, -0.25) is 9.59 Å². The molecule has 2 unspecified atom stereocenters. The summed E-state index contributed by atoms with van der Waals surface area (Å²) in [5.74, 6) is 4.80. The van der Waals surface area contributed by atoms with E-state index in [1.165, 1.54) is 109 Å². The molecule has 0 amide bonds. The molecule has 0 aliphatic heterocycles. The van der Waals surface area contributed by atoms with Crippen LogP contribution >= 0.6 is 0 Å². The van der Waals surface area contributed by atoms with Crippen molar-refractivity contribution in [3.8, 4) is 0 Å². The summed E-state index contributed by atoms with van der Waals surface area (Å²) in [6.07, 6.45) is 35.3. The third-order valence-corrected chi connectivity index (χ3v) is 16.0. The Kier molecular flexibility index (Phi) is 19.2. The van der Waals surface area contributed by atoms with E-state index >= 15 is 0 Å². The van der Waals surface area contributed by atoms with Crippen LogP contribution in [0.5, 0.6) is 0 Å². The van der Waals surface area contributed by atoms with Gasteiger partial charge in [-0.2, -0.15) is 0 Å². The van der Waals surface area contributed by atoms with E-state index in [1.54, 1.807) is 5.57 Å². The van der Waals surface area contributed by atoms with Crippen LogP contribution in [-0.2, 0) is 19.1 Å². The van der Waals surface area contributed by atoms with E-state index in [0.29, 0.717) is 40.6 Å². The predicted octanol–water partition coefficient (Wildman–Crippen LogP) is 13.8. The molecule has 0 bridgehead atoms. The molecule has 0 saturated heterocycles. The van der Waals surface area contributed by atoms with Crippen molar-refractivity contribution in [2.75, 3.05) is 27.7 Å². The molecule has 0 radical (unpaired) electrons. The molecule has 5 nitrogen and oxygen atoms in total. The van der Waals surface area contributed by atoms with Gasteiger partial charge in [0.25, 0.3) is 0 Å². The largest absolute Gasteiger partial charge is 0.462 e. The average Bonchev–Trinajstić information content (AvgIpc) is 3.50. The van der Waals surface area contributed by atoms with Crippen molar-refractivity contribution in [2.45, 2.75) is 215 Å². The number of ether oxygens (including phenoxy) is 2. The average molecular weight is 795 g/mol. The molecule has 57 heavy (non-hydrogen) atoms. The van der Waals surface area contributed by atoms with Crippen LogP contribution in [0.4, 0.5) is 0 Å². The van der Waals surface area contributed by atoms with E-state index in [1.807, 2.05) is 0 Å². The molecule has 0 aromatic carbocycles. The highest BCUT2D eigenvalue weighted by Gasteiger charge is 2.59. The van der Waals surface area contributed by atoms with Gasteiger partial charge in [0.1, 0.15) is 12.6 Å². The third kappa shape index (κ3) is 14.0. The standard InChI is InChI=1S/C52H92NO4/c1-11-13-14-15-16-17-18-19-20-21-22-23-24-25-49(54)57-44(38-53(8,9)10)37-50(55)56-43-32-34-51(6)42(36-43)28-29-45-47-31-30-46(52(47,7)35-33-48(45)51)40(5)26-27-41(12-2)39(3)4/h26-28,39-41,43-48H,11-25,29-38H2,1-10H3/q+1/b27-26+/t40?,41-,43+,44?,45+,46-,47+,48+,51+,52-/m1/s1. The number of hydrogen-bond acceptors (Lipinski definition) is 4. The molecule has 4 rings (SSSR count). The topological polar surface area (TPSA) is 52.6 Å². The van der Waals surface area contributed by atoms with E-state index in [0.717, 1.165) is 55.8 Å². The van der Waals surface area contributed by atoms with Crippen molar-refractivity contribution >= 4 is 11.9 Å². The summed E-state index contributed by atoms with van der Waals surface area (Å²) >= 11 is 0. The fourth-order valence-corrected chi connectivity index (χ4v) is 12.6. The second-order valence-electron chi connectivity index (χ2n) is 21.7. The van der Waals surface area contributed by atoms with Crippen molar-refractivity contribution in [3.63, 3.8) is 0 Å². The SMILES string of the molecule is CCCCCCCCCCCCCCCC(=O)OC(CC(=O)O[C@H]1CC[C@@]2(C)C(=CC[C@H]3[C@@H]4CC[C@H](C(C)/C=C/[C@@H](CC)C(C)C)[C@@]4(C)CC[C@@H]32)C1)C[N+](C)(C)C. The monoisotopic (exact) mass is 795 g/mol. The third-order valence-electron chi connectivity index (χ3n) is 16.0. The van der Waals surface area contributed by atoms with E-state index in [4.69, 9.17) is 9.47 Å². The number of esters is 2. The molecule has 0 aromatic heterocycles. The van der Waals surface area contributed by atoms with E-state index in [9.17, 15) is 9.59 Å². The summed E-state index contributed by atoms with van der Waals surface area (Å²) in [5, 5.41) is 0. The van der Waals surface area contributed by atoms with Crippen LogP contribution in [0.25, 0.3) is 0 Å². The quantitative estimate of drug-likeness (QED) is 0.0400. The van der Waals surface area contributed by atoms with Gasteiger partial charge in [0, 0.05) is 12.8 Å². The lowest BCUT2D eigenvalue weighted by atomic mass is 9.47. The van der Waals surface area contributed by atoms with Gasteiger partial charge in [0.2, 0.25) is 0 Å². The first-order chi connectivity index (χ1) is 27.1. The van der Waals surface area contributed by atoms with Gasteiger partial charge in [-0.15, -0.1) is 0 Å². The number of carbonyl (C=O) groups is 2. The zero-order chi connectivity index (χ0) is 41.6. The van der Waals surface area contributed by atoms with Gasteiger partial charge < -0.3 is 14.0 Å². The first-order valence-corrected chi connectivity index (χ1v) is 24.7. The molecule has 4 aliphatic carbocycles. The summed E-state index contributed by atoms with van der Waals surface area (Å²) in [7, 11) is 6.28. The number of quaternary nitrogens is 1. The van der Waals surface area contributed by atoms with Crippen LogP contribution in [0.3, 0.4) is 0 Å². The summed E-state index contributed by atoms with van der Waals surface area (Å²) in [5.41, 5.74) is 2.21. The van der Waals surface area contributed by atoms with Crippen molar-refractivity contribution < 1.29 is 23.5 Å². The van der Waals surface area contributed by atoms with Crippen LogP contribution in [0.1, 0.15) is 203 Å². The fraction of sp³-hybridized carbons (Fsp3) is 0.885. The molecule has 0 aromatic rings. The van der Waals surface area contributed by atoms with Crippen LogP contribution in [-0.4, -0.2) is 56.3 Å². The highest BCUT2D eigenvalue weighted by Crippen LogP contribution is 2.67. The molecular formula is C52H92NO4+. The fourth-order valence-electron chi connectivity index (χ4n) is 12.6. The maximum atomic E-state index is 13.5. The number of unbranched alkanes of at least 4 members (excludes halogenated alkanes) is 12. The van der Waals surface area contributed by atoms with Gasteiger partial charge in [-0.1, -0.05) is 149 Å².